The Morgan fingerprint density at radius 3 is 2.55 bits per heavy atom. The lowest BCUT2D eigenvalue weighted by Gasteiger charge is -2.35. The number of aromatic nitrogens is 2. The van der Waals surface area contributed by atoms with Crippen molar-refractivity contribution in [2.24, 2.45) is 0 Å². The quantitative estimate of drug-likeness (QED) is 0.665. The number of para-hydroxylation sites is 1. The first-order valence-corrected chi connectivity index (χ1v) is 10.1. The Hall–Kier alpha value is -3.83. The van der Waals surface area contributed by atoms with Crippen LogP contribution < -0.4 is 15.0 Å². The second-order valence-electron chi connectivity index (χ2n) is 7.28. The fraction of sp³-hybridized carbons (Fsp3) is 0.261. The van der Waals surface area contributed by atoms with Crippen LogP contribution in [0.3, 0.4) is 0 Å². The van der Waals surface area contributed by atoms with Crippen LogP contribution in [0.5, 0.6) is 5.75 Å². The van der Waals surface area contributed by atoms with Crippen LogP contribution in [-0.2, 0) is 4.79 Å². The molecule has 2 aromatic carbocycles. The lowest BCUT2D eigenvalue weighted by atomic mass is 10.2. The number of anilines is 2. The number of carbonyl (C=O) groups excluding carboxylic acids is 1. The van der Waals surface area contributed by atoms with Crippen LogP contribution >= 0.6 is 0 Å². The van der Waals surface area contributed by atoms with Gasteiger partial charge in [0.25, 0.3) is 0 Å². The summed E-state index contributed by atoms with van der Waals surface area (Å²) in [7, 11) is 1.66. The molecule has 0 bridgehead atoms. The van der Waals surface area contributed by atoms with Crippen molar-refractivity contribution in [2.75, 3.05) is 50.1 Å². The van der Waals surface area contributed by atoms with Gasteiger partial charge in [0.2, 0.25) is 5.91 Å². The van der Waals surface area contributed by atoms with Gasteiger partial charge in [-0.1, -0.05) is 24.3 Å². The molecule has 3 aromatic rings. The summed E-state index contributed by atoms with van der Waals surface area (Å²) in [5, 5.41) is 16.6. The average molecular weight is 416 g/mol. The molecule has 8 nitrogen and oxygen atoms in total. The highest BCUT2D eigenvalue weighted by atomic mass is 16.5. The lowest BCUT2D eigenvalue weighted by Crippen LogP contribution is -2.48. The minimum atomic E-state index is -0.163. The molecule has 0 saturated carbocycles. The van der Waals surface area contributed by atoms with Gasteiger partial charge in [-0.3, -0.25) is 9.69 Å². The molecule has 1 aliphatic heterocycles. The summed E-state index contributed by atoms with van der Waals surface area (Å²) >= 11 is 0. The topological polar surface area (TPSA) is 86.4 Å². The maximum absolute atomic E-state index is 12.7. The van der Waals surface area contributed by atoms with Crippen LogP contribution in [0.2, 0.25) is 0 Å². The molecule has 0 atom stereocenters. The van der Waals surface area contributed by atoms with Gasteiger partial charge in [0, 0.05) is 37.9 Å². The molecule has 31 heavy (non-hydrogen) atoms. The highest BCUT2D eigenvalue weighted by molar-refractivity contribution is 5.93. The number of hydrogen-bond donors (Lipinski definition) is 1. The van der Waals surface area contributed by atoms with Gasteiger partial charge in [-0.15, -0.1) is 0 Å². The third-order valence-corrected chi connectivity index (χ3v) is 5.31. The van der Waals surface area contributed by atoms with Crippen molar-refractivity contribution in [1.29, 1.82) is 5.26 Å². The fourth-order valence-electron chi connectivity index (χ4n) is 3.66. The van der Waals surface area contributed by atoms with E-state index in [4.69, 9.17) is 4.74 Å². The number of piperazine rings is 1. The normalized spacial score (nSPS) is 14.1. The largest absolute Gasteiger partial charge is 0.497 e. The minimum Gasteiger partial charge on any atom is -0.497 e. The Labute approximate surface area is 181 Å². The number of rotatable bonds is 6. The highest BCUT2D eigenvalue weighted by Crippen LogP contribution is 2.22. The molecule has 0 unspecified atom stereocenters. The van der Waals surface area contributed by atoms with Crippen LogP contribution in [0.25, 0.3) is 5.69 Å². The SMILES string of the molecule is COc1cccc(N2CCN(CC(=O)Nc3c(C#N)cnn3-c3ccccc3)CC2)c1. The zero-order valence-electron chi connectivity index (χ0n) is 17.4. The number of nitriles is 1. The van der Waals surface area contributed by atoms with Crippen molar-refractivity contribution in [3.63, 3.8) is 0 Å². The molecule has 0 aliphatic carbocycles. The molecule has 158 valence electrons. The first kappa shape index (κ1) is 20.4. The molecular weight excluding hydrogens is 392 g/mol. The maximum atomic E-state index is 12.7. The van der Waals surface area contributed by atoms with Gasteiger partial charge < -0.3 is 15.0 Å². The Kier molecular flexibility index (Phi) is 6.15. The molecule has 1 fully saturated rings. The van der Waals surface area contributed by atoms with E-state index in [2.05, 4.69) is 32.4 Å². The molecule has 4 rings (SSSR count). The predicted octanol–water partition coefficient (Wildman–Crippen LogP) is 2.51. The molecule has 1 amide bonds. The number of carbonyl (C=O) groups is 1. The van der Waals surface area contributed by atoms with Crippen molar-refractivity contribution in [3.05, 3.63) is 66.4 Å². The third kappa shape index (κ3) is 4.68. The van der Waals surface area contributed by atoms with E-state index in [1.54, 1.807) is 11.8 Å². The van der Waals surface area contributed by atoms with Gasteiger partial charge in [0.1, 0.15) is 17.4 Å². The van der Waals surface area contributed by atoms with Gasteiger partial charge in [0.15, 0.2) is 5.82 Å². The highest BCUT2D eigenvalue weighted by Gasteiger charge is 2.21. The second kappa shape index (κ2) is 9.32. The minimum absolute atomic E-state index is 0.163. The number of nitrogens with zero attached hydrogens (tertiary/aromatic N) is 5. The van der Waals surface area contributed by atoms with Crippen LogP contribution in [0.1, 0.15) is 5.56 Å². The smallest absolute Gasteiger partial charge is 0.239 e. The van der Waals surface area contributed by atoms with E-state index in [-0.39, 0.29) is 12.5 Å². The summed E-state index contributed by atoms with van der Waals surface area (Å²) in [6.07, 6.45) is 1.47. The van der Waals surface area contributed by atoms with E-state index in [1.807, 2.05) is 48.5 Å². The van der Waals surface area contributed by atoms with Crippen molar-refractivity contribution in [3.8, 4) is 17.5 Å². The Morgan fingerprint density at radius 2 is 1.84 bits per heavy atom. The van der Waals surface area contributed by atoms with Crippen molar-refractivity contribution in [2.45, 2.75) is 0 Å². The Bertz CT molecular complexity index is 1080. The van der Waals surface area contributed by atoms with Gasteiger partial charge >= 0.3 is 0 Å². The summed E-state index contributed by atoms with van der Waals surface area (Å²) < 4.78 is 6.89. The standard InChI is InChI=1S/C23H24N6O2/c1-31-21-9-5-8-20(14-21)28-12-10-27(11-13-28)17-22(30)26-23-18(15-24)16-25-29(23)19-6-3-2-4-7-19/h2-9,14,16H,10-13,17H2,1H3,(H,26,30). The number of hydrogen-bond acceptors (Lipinski definition) is 6. The second-order valence-corrected chi connectivity index (χ2v) is 7.28. The molecular formula is C23H24N6O2. The first-order valence-electron chi connectivity index (χ1n) is 10.1. The van der Waals surface area contributed by atoms with E-state index >= 15 is 0 Å². The summed E-state index contributed by atoms with van der Waals surface area (Å²) in [6.45, 7) is 3.45. The average Bonchev–Trinajstić information content (AvgIpc) is 3.22. The third-order valence-electron chi connectivity index (χ3n) is 5.31. The summed E-state index contributed by atoms with van der Waals surface area (Å²) in [5.74, 6) is 1.07. The van der Waals surface area contributed by atoms with Crippen LogP contribution in [0.15, 0.2) is 60.8 Å². The Morgan fingerprint density at radius 1 is 1.10 bits per heavy atom. The molecule has 1 N–H and O–H groups in total. The van der Waals surface area contributed by atoms with Gasteiger partial charge in [-0.05, 0) is 24.3 Å². The fourth-order valence-corrected chi connectivity index (χ4v) is 3.66. The van der Waals surface area contributed by atoms with Gasteiger partial charge in [-0.2, -0.15) is 10.4 Å². The van der Waals surface area contributed by atoms with E-state index in [9.17, 15) is 10.1 Å². The molecule has 2 heterocycles. The zero-order chi connectivity index (χ0) is 21.6. The first-order chi connectivity index (χ1) is 15.2. The monoisotopic (exact) mass is 416 g/mol. The predicted molar refractivity (Wildman–Crippen MR) is 119 cm³/mol. The van der Waals surface area contributed by atoms with Gasteiger partial charge in [0.05, 0.1) is 25.5 Å². The zero-order valence-corrected chi connectivity index (χ0v) is 17.4. The number of ether oxygens (including phenoxy) is 1. The molecule has 1 saturated heterocycles. The summed E-state index contributed by atoms with van der Waals surface area (Å²) in [5.41, 5.74) is 2.24. The van der Waals surface area contributed by atoms with Crippen molar-refractivity contribution < 1.29 is 9.53 Å². The van der Waals surface area contributed by atoms with Crippen LogP contribution in [0.4, 0.5) is 11.5 Å². The van der Waals surface area contributed by atoms with Crippen LogP contribution in [0, 0.1) is 11.3 Å². The number of amides is 1. The van der Waals surface area contributed by atoms with E-state index < -0.39 is 0 Å². The van der Waals surface area contributed by atoms with Crippen molar-refractivity contribution >= 4 is 17.4 Å². The lowest BCUT2D eigenvalue weighted by molar-refractivity contribution is -0.117. The number of benzene rings is 2. The maximum Gasteiger partial charge on any atom is 0.239 e. The molecule has 1 aliphatic rings. The number of nitrogens with one attached hydrogen (secondary N) is 1. The van der Waals surface area contributed by atoms with Crippen LogP contribution in [-0.4, -0.2) is 60.4 Å². The molecule has 0 spiro atoms. The van der Waals surface area contributed by atoms with E-state index in [0.717, 1.165) is 43.3 Å². The molecule has 8 heteroatoms. The molecule has 1 aromatic heterocycles. The van der Waals surface area contributed by atoms with E-state index in [1.165, 1.54) is 6.20 Å². The summed E-state index contributed by atoms with van der Waals surface area (Å²) in [4.78, 5) is 17.1. The van der Waals surface area contributed by atoms with E-state index in [0.29, 0.717) is 11.4 Å². The molecule has 0 radical (unpaired) electrons. The number of methoxy groups -OCH3 is 1. The van der Waals surface area contributed by atoms with Gasteiger partial charge in [-0.25, -0.2) is 4.68 Å². The summed E-state index contributed by atoms with van der Waals surface area (Å²) in [6, 6.07) is 19.5. The Balaban J connectivity index is 1.37. The van der Waals surface area contributed by atoms with Crippen molar-refractivity contribution in [1.82, 2.24) is 14.7 Å².